The Labute approximate surface area is 99.9 Å². The van der Waals surface area contributed by atoms with E-state index < -0.39 is 5.97 Å². The van der Waals surface area contributed by atoms with Crippen molar-refractivity contribution in [3.05, 3.63) is 29.8 Å². The Morgan fingerprint density at radius 1 is 1.41 bits per heavy atom. The van der Waals surface area contributed by atoms with E-state index in [1.807, 2.05) is 6.92 Å². The zero-order chi connectivity index (χ0) is 12.7. The van der Waals surface area contributed by atoms with Gasteiger partial charge in [-0.15, -0.1) is 0 Å². The lowest BCUT2D eigenvalue weighted by molar-refractivity contribution is -0.121. The standard InChI is InChI=1S/C12H16N2O3/c1-2-14-11(15)6-7-17-12(16)9-4-3-5-10(13)8-9/h3-5,8H,2,6-7,13H2,1H3,(H,14,15). The summed E-state index contributed by atoms with van der Waals surface area (Å²) in [6.45, 7) is 2.47. The maximum absolute atomic E-state index is 11.5. The summed E-state index contributed by atoms with van der Waals surface area (Å²) < 4.78 is 4.94. The van der Waals surface area contributed by atoms with Gasteiger partial charge in [-0.25, -0.2) is 4.79 Å². The minimum Gasteiger partial charge on any atom is -0.462 e. The molecule has 0 saturated heterocycles. The van der Waals surface area contributed by atoms with Crippen molar-refractivity contribution in [3.63, 3.8) is 0 Å². The maximum atomic E-state index is 11.5. The van der Waals surface area contributed by atoms with E-state index in [1.54, 1.807) is 18.2 Å². The topological polar surface area (TPSA) is 81.4 Å². The first-order chi connectivity index (χ1) is 8.13. The lowest BCUT2D eigenvalue weighted by atomic mass is 10.2. The highest BCUT2D eigenvalue weighted by atomic mass is 16.5. The van der Waals surface area contributed by atoms with Crippen LogP contribution in [0.1, 0.15) is 23.7 Å². The van der Waals surface area contributed by atoms with Gasteiger partial charge < -0.3 is 15.8 Å². The molecular formula is C12H16N2O3. The van der Waals surface area contributed by atoms with Crippen LogP contribution < -0.4 is 11.1 Å². The van der Waals surface area contributed by atoms with Crippen LogP contribution in [0.2, 0.25) is 0 Å². The molecule has 0 aliphatic rings. The molecular weight excluding hydrogens is 220 g/mol. The zero-order valence-corrected chi connectivity index (χ0v) is 9.73. The van der Waals surface area contributed by atoms with Crippen LogP contribution in [0.3, 0.4) is 0 Å². The fraction of sp³-hybridized carbons (Fsp3) is 0.333. The molecule has 0 radical (unpaired) electrons. The number of hydrogen-bond acceptors (Lipinski definition) is 4. The van der Waals surface area contributed by atoms with Crippen LogP contribution in [0.5, 0.6) is 0 Å². The van der Waals surface area contributed by atoms with Crippen LogP contribution in [0.25, 0.3) is 0 Å². The summed E-state index contributed by atoms with van der Waals surface area (Å²) in [6, 6.07) is 6.51. The number of nitrogens with one attached hydrogen (secondary N) is 1. The SMILES string of the molecule is CCNC(=O)CCOC(=O)c1cccc(N)c1. The van der Waals surface area contributed by atoms with Crippen molar-refractivity contribution >= 4 is 17.6 Å². The summed E-state index contributed by atoms with van der Waals surface area (Å²) in [5.74, 6) is -0.602. The molecule has 0 unspecified atom stereocenters. The lowest BCUT2D eigenvalue weighted by Crippen LogP contribution is -2.24. The molecule has 0 saturated carbocycles. The van der Waals surface area contributed by atoms with Gasteiger partial charge >= 0.3 is 5.97 Å². The van der Waals surface area contributed by atoms with Crippen molar-refractivity contribution < 1.29 is 14.3 Å². The van der Waals surface area contributed by atoms with E-state index in [2.05, 4.69) is 5.32 Å². The summed E-state index contributed by atoms with van der Waals surface area (Å²) in [5, 5.41) is 2.62. The van der Waals surface area contributed by atoms with Gasteiger partial charge in [0.1, 0.15) is 6.61 Å². The molecule has 0 atom stereocenters. The van der Waals surface area contributed by atoms with Gasteiger partial charge in [-0.1, -0.05) is 6.07 Å². The number of amides is 1. The molecule has 0 aliphatic heterocycles. The summed E-state index contributed by atoms with van der Waals surface area (Å²) in [6.07, 6.45) is 0.169. The van der Waals surface area contributed by atoms with Crippen molar-refractivity contribution in [2.24, 2.45) is 0 Å². The molecule has 1 amide bonds. The molecule has 5 nitrogen and oxygen atoms in total. The average Bonchev–Trinajstić information content (AvgIpc) is 2.29. The van der Waals surface area contributed by atoms with Gasteiger partial charge in [-0.2, -0.15) is 0 Å². The number of nitrogen functional groups attached to an aromatic ring is 1. The Morgan fingerprint density at radius 2 is 2.18 bits per heavy atom. The van der Waals surface area contributed by atoms with Crippen molar-refractivity contribution in [2.75, 3.05) is 18.9 Å². The second-order valence-electron chi connectivity index (χ2n) is 3.46. The van der Waals surface area contributed by atoms with E-state index in [0.29, 0.717) is 17.8 Å². The minimum atomic E-state index is -0.471. The van der Waals surface area contributed by atoms with Crippen LogP contribution in [0.4, 0.5) is 5.69 Å². The van der Waals surface area contributed by atoms with Gasteiger partial charge in [0.05, 0.1) is 12.0 Å². The van der Waals surface area contributed by atoms with E-state index in [-0.39, 0.29) is 18.9 Å². The van der Waals surface area contributed by atoms with E-state index >= 15 is 0 Å². The van der Waals surface area contributed by atoms with Gasteiger partial charge in [0.25, 0.3) is 0 Å². The molecule has 0 bridgehead atoms. The van der Waals surface area contributed by atoms with Crippen LogP contribution in [-0.4, -0.2) is 25.0 Å². The second kappa shape index (κ2) is 6.52. The maximum Gasteiger partial charge on any atom is 0.338 e. The largest absolute Gasteiger partial charge is 0.462 e. The molecule has 0 heterocycles. The predicted octanol–water partition coefficient (Wildman–Crippen LogP) is 0.952. The number of benzene rings is 1. The number of hydrogen-bond donors (Lipinski definition) is 2. The molecule has 1 rings (SSSR count). The highest BCUT2D eigenvalue weighted by Crippen LogP contribution is 2.07. The quantitative estimate of drug-likeness (QED) is 0.589. The minimum absolute atomic E-state index is 0.0689. The van der Waals surface area contributed by atoms with Crippen molar-refractivity contribution in [1.29, 1.82) is 0 Å². The Morgan fingerprint density at radius 3 is 2.82 bits per heavy atom. The van der Waals surface area contributed by atoms with Crippen molar-refractivity contribution in [1.82, 2.24) is 5.32 Å². The first-order valence-corrected chi connectivity index (χ1v) is 5.43. The van der Waals surface area contributed by atoms with Crippen molar-refractivity contribution in [3.8, 4) is 0 Å². The summed E-state index contributed by atoms with van der Waals surface area (Å²) in [7, 11) is 0. The molecule has 3 N–H and O–H groups in total. The summed E-state index contributed by atoms with van der Waals surface area (Å²) in [5.41, 5.74) is 6.43. The number of carbonyl (C=O) groups is 2. The van der Waals surface area contributed by atoms with Gasteiger partial charge in [0.15, 0.2) is 0 Å². The van der Waals surface area contributed by atoms with Crippen molar-refractivity contribution in [2.45, 2.75) is 13.3 Å². The van der Waals surface area contributed by atoms with Gasteiger partial charge in [-0.3, -0.25) is 4.79 Å². The highest BCUT2D eigenvalue weighted by Gasteiger charge is 2.08. The molecule has 0 fully saturated rings. The second-order valence-corrected chi connectivity index (χ2v) is 3.46. The number of esters is 1. The fourth-order valence-corrected chi connectivity index (χ4v) is 1.27. The Kier molecular flexibility index (Phi) is 5.00. The number of carbonyl (C=O) groups excluding carboxylic acids is 2. The van der Waals surface area contributed by atoms with Gasteiger partial charge in [-0.05, 0) is 25.1 Å². The highest BCUT2D eigenvalue weighted by molar-refractivity contribution is 5.90. The summed E-state index contributed by atoms with van der Waals surface area (Å²) in [4.78, 5) is 22.6. The third-order valence-corrected chi connectivity index (χ3v) is 2.06. The number of anilines is 1. The normalized spacial score (nSPS) is 9.71. The van der Waals surface area contributed by atoms with Gasteiger partial charge in [0, 0.05) is 12.2 Å². The predicted molar refractivity (Wildman–Crippen MR) is 64.4 cm³/mol. The Bertz CT molecular complexity index is 404. The Hall–Kier alpha value is -2.04. The molecule has 5 heteroatoms. The third-order valence-electron chi connectivity index (χ3n) is 2.06. The molecule has 1 aromatic rings. The van der Waals surface area contributed by atoms with Crippen LogP contribution in [-0.2, 0) is 9.53 Å². The van der Waals surface area contributed by atoms with Crippen LogP contribution in [0, 0.1) is 0 Å². The van der Waals surface area contributed by atoms with E-state index in [1.165, 1.54) is 6.07 Å². The number of rotatable bonds is 5. The first-order valence-electron chi connectivity index (χ1n) is 5.43. The van der Waals surface area contributed by atoms with E-state index in [4.69, 9.17) is 10.5 Å². The molecule has 0 aromatic heterocycles. The molecule has 17 heavy (non-hydrogen) atoms. The van der Waals surface area contributed by atoms with E-state index in [0.717, 1.165) is 0 Å². The smallest absolute Gasteiger partial charge is 0.338 e. The summed E-state index contributed by atoms with van der Waals surface area (Å²) >= 11 is 0. The Balaban J connectivity index is 2.38. The zero-order valence-electron chi connectivity index (χ0n) is 9.73. The average molecular weight is 236 g/mol. The molecule has 0 spiro atoms. The molecule has 0 aliphatic carbocycles. The number of ether oxygens (including phenoxy) is 1. The van der Waals surface area contributed by atoms with Crippen LogP contribution in [0.15, 0.2) is 24.3 Å². The van der Waals surface area contributed by atoms with E-state index in [9.17, 15) is 9.59 Å². The van der Waals surface area contributed by atoms with Gasteiger partial charge in [0.2, 0.25) is 5.91 Å². The molecule has 1 aromatic carbocycles. The third kappa shape index (κ3) is 4.55. The van der Waals surface area contributed by atoms with Crippen LogP contribution >= 0.6 is 0 Å². The monoisotopic (exact) mass is 236 g/mol. The molecule has 92 valence electrons. The first kappa shape index (κ1) is 13.0. The lowest BCUT2D eigenvalue weighted by Gasteiger charge is -2.05. The number of nitrogens with two attached hydrogens (primary N) is 1. The fourth-order valence-electron chi connectivity index (χ4n) is 1.27.